The van der Waals surface area contributed by atoms with Gasteiger partial charge >= 0.3 is 0 Å². The summed E-state index contributed by atoms with van der Waals surface area (Å²) in [5.41, 5.74) is 0. The number of rotatable bonds is 7. The third-order valence-electron chi connectivity index (χ3n) is 2.85. The Morgan fingerprint density at radius 1 is 1.43 bits per heavy atom. The van der Waals surface area contributed by atoms with Gasteiger partial charge in [0.15, 0.2) is 0 Å². The van der Waals surface area contributed by atoms with Gasteiger partial charge in [0.1, 0.15) is 10.7 Å². The summed E-state index contributed by atoms with van der Waals surface area (Å²) in [6, 6.07) is -0.552. The van der Waals surface area contributed by atoms with Gasteiger partial charge in [-0.1, -0.05) is 0 Å². The first-order chi connectivity index (χ1) is 9.92. The van der Waals surface area contributed by atoms with Gasteiger partial charge in [0.2, 0.25) is 15.9 Å². The normalized spacial score (nSPS) is 13.5. The van der Waals surface area contributed by atoms with Crippen LogP contribution < -0.4 is 10.0 Å². The molecular formula is C12H19N5O3S. The third-order valence-corrected chi connectivity index (χ3v) is 4.35. The van der Waals surface area contributed by atoms with Gasteiger partial charge in [-0.2, -0.15) is 9.82 Å². The zero-order chi connectivity index (χ0) is 15.5. The maximum absolute atomic E-state index is 12.3. The van der Waals surface area contributed by atoms with Crippen molar-refractivity contribution in [3.8, 4) is 0 Å². The van der Waals surface area contributed by atoms with Crippen molar-refractivity contribution in [1.29, 1.82) is 0 Å². The molecule has 0 aliphatic heterocycles. The van der Waals surface area contributed by atoms with E-state index in [0.29, 0.717) is 24.7 Å². The van der Waals surface area contributed by atoms with Crippen LogP contribution in [-0.4, -0.2) is 36.8 Å². The predicted molar refractivity (Wildman–Crippen MR) is 76.1 cm³/mol. The average molecular weight is 313 g/mol. The largest absolute Gasteiger partial charge is 0.444 e. The maximum atomic E-state index is 12.3. The second kappa shape index (κ2) is 6.37. The van der Waals surface area contributed by atoms with Crippen LogP contribution in [-0.2, 0) is 16.6 Å². The third kappa shape index (κ3) is 3.90. The maximum Gasteiger partial charge on any atom is 0.244 e. The molecule has 0 spiro atoms. The molecule has 2 aromatic rings. The highest BCUT2D eigenvalue weighted by Gasteiger charge is 2.22. The standard InChI is InChI=1S/C12H19N5O3S/c1-9-6-14-12(20-9)10(2)16-21(18,19)11-7-15-17(8-11)5-4-13-3/h6-8,10,13,16H,4-5H2,1-3H3. The van der Waals surface area contributed by atoms with Gasteiger partial charge < -0.3 is 9.73 Å². The van der Waals surface area contributed by atoms with E-state index in [1.807, 2.05) is 7.05 Å². The molecule has 1 atom stereocenters. The highest BCUT2D eigenvalue weighted by Crippen LogP contribution is 2.16. The highest BCUT2D eigenvalue weighted by atomic mass is 32.2. The fourth-order valence-corrected chi connectivity index (χ4v) is 2.90. The molecule has 0 aromatic carbocycles. The smallest absolute Gasteiger partial charge is 0.244 e. The number of oxazole rings is 1. The van der Waals surface area contributed by atoms with Crippen LogP contribution in [0.4, 0.5) is 0 Å². The average Bonchev–Trinajstić information content (AvgIpc) is 3.05. The zero-order valence-electron chi connectivity index (χ0n) is 12.2. The Labute approximate surface area is 123 Å². The monoisotopic (exact) mass is 313 g/mol. The summed E-state index contributed by atoms with van der Waals surface area (Å²) in [5, 5.41) is 7.00. The second-order valence-corrected chi connectivity index (χ2v) is 6.41. The molecule has 0 radical (unpaired) electrons. The lowest BCUT2D eigenvalue weighted by Gasteiger charge is -2.09. The Kier molecular flexibility index (Phi) is 4.76. The molecule has 2 rings (SSSR count). The fraction of sp³-hybridized carbons (Fsp3) is 0.500. The Balaban J connectivity index is 2.09. The van der Waals surface area contributed by atoms with Crippen LogP contribution >= 0.6 is 0 Å². The van der Waals surface area contributed by atoms with E-state index in [-0.39, 0.29) is 4.90 Å². The van der Waals surface area contributed by atoms with Crippen molar-refractivity contribution in [3.63, 3.8) is 0 Å². The van der Waals surface area contributed by atoms with E-state index >= 15 is 0 Å². The summed E-state index contributed by atoms with van der Waals surface area (Å²) in [5.74, 6) is 0.967. The first-order valence-corrected chi connectivity index (χ1v) is 8.02. The van der Waals surface area contributed by atoms with Crippen LogP contribution in [0.25, 0.3) is 0 Å². The molecule has 1 unspecified atom stereocenters. The van der Waals surface area contributed by atoms with E-state index in [9.17, 15) is 8.42 Å². The molecule has 116 valence electrons. The fourth-order valence-electron chi connectivity index (χ4n) is 1.76. The minimum atomic E-state index is -3.66. The topological polar surface area (TPSA) is 102 Å². The minimum Gasteiger partial charge on any atom is -0.444 e. The van der Waals surface area contributed by atoms with E-state index < -0.39 is 16.1 Å². The van der Waals surface area contributed by atoms with E-state index in [1.54, 1.807) is 24.7 Å². The second-order valence-electron chi connectivity index (χ2n) is 4.69. The molecule has 2 aromatic heterocycles. The lowest BCUT2D eigenvalue weighted by molar-refractivity contribution is 0.428. The SMILES string of the molecule is CNCCn1cc(S(=O)(=O)NC(C)c2ncc(C)o2)cn1. The molecule has 0 amide bonds. The lowest BCUT2D eigenvalue weighted by Crippen LogP contribution is -2.26. The zero-order valence-corrected chi connectivity index (χ0v) is 13.0. The van der Waals surface area contributed by atoms with Crippen LogP contribution in [0.15, 0.2) is 27.9 Å². The quantitative estimate of drug-likeness (QED) is 0.769. The number of aromatic nitrogens is 3. The molecule has 2 heterocycles. The van der Waals surface area contributed by atoms with Crippen molar-refractivity contribution in [2.75, 3.05) is 13.6 Å². The summed E-state index contributed by atoms with van der Waals surface area (Å²) in [7, 11) is -1.83. The Hall–Kier alpha value is -1.71. The van der Waals surface area contributed by atoms with Crippen molar-refractivity contribution in [1.82, 2.24) is 24.8 Å². The molecule has 8 nitrogen and oxygen atoms in total. The van der Waals surface area contributed by atoms with E-state index in [1.165, 1.54) is 12.4 Å². The highest BCUT2D eigenvalue weighted by molar-refractivity contribution is 7.89. The van der Waals surface area contributed by atoms with Gasteiger partial charge in [0.25, 0.3) is 0 Å². The molecule has 21 heavy (non-hydrogen) atoms. The number of hydrogen-bond donors (Lipinski definition) is 2. The van der Waals surface area contributed by atoms with Gasteiger partial charge in [-0.05, 0) is 20.9 Å². The van der Waals surface area contributed by atoms with Crippen molar-refractivity contribution in [2.24, 2.45) is 0 Å². The first kappa shape index (κ1) is 15.7. The number of hydrogen-bond acceptors (Lipinski definition) is 6. The Morgan fingerprint density at radius 2 is 2.19 bits per heavy atom. The molecule has 0 saturated heterocycles. The van der Waals surface area contributed by atoms with Gasteiger partial charge in [-0.25, -0.2) is 13.4 Å². The number of sulfonamides is 1. The molecule has 2 N–H and O–H groups in total. The van der Waals surface area contributed by atoms with Gasteiger partial charge in [-0.15, -0.1) is 0 Å². The van der Waals surface area contributed by atoms with Crippen molar-refractivity contribution in [3.05, 3.63) is 30.2 Å². The summed E-state index contributed by atoms with van der Waals surface area (Å²) in [6.45, 7) is 4.73. The van der Waals surface area contributed by atoms with Crippen molar-refractivity contribution >= 4 is 10.0 Å². The van der Waals surface area contributed by atoms with Crippen LogP contribution in [0.2, 0.25) is 0 Å². The molecule has 0 fully saturated rings. The number of likely N-dealkylation sites (N-methyl/N-ethyl adjacent to an activating group) is 1. The predicted octanol–water partition coefficient (Wildman–Crippen LogP) is 0.438. The van der Waals surface area contributed by atoms with E-state index in [0.717, 1.165) is 0 Å². The number of nitrogens with one attached hydrogen (secondary N) is 2. The first-order valence-electron chi connectivity index (χ1n) is 6.54. The molecule has 0 aliphatic rings. The summed E-state index contributed by atoms with van der Waals surface area (Å²) >= 11 is 0. The molecule has 0 bridgehead atoms. The van der Waals surface area contributed by atoms with Gasteiger partial charge in [0, 0.05) is 12.7 Å². The van der Waals surface area contributed by atoms with Crippen LogP contribution in [0.1, 0.15) is 24.6 Å². The summed E-state index contributed by atoms with van der Waals surface area (Å²) in [6.07, 6.45) is 4.37. The van der Waals surface area contributed by atoms with Gasteiger partial charge in [0.05, 0.1) is 25.0 Å². The van der Waals surface area contributed by atoms with Crippen LogP contribution in [0.5, 0.6) is 0 Å². The van der Waals surface area contributed by atoms with E-state index in [2.05, 4.69) is 20.1 Å². The van der Waals surface area contributed by atoms with E-state index in [4.69, 9.17) is 4.42 Å². The van der Waals surface area contributed by atoms with Crippen molar-refractivity contribution in [2.45, 2.75) is 31.3 Å². The number of aryl methyl sites for hydroxylation is 1. The van der Waals surface area contributed by atoms with Gasteiger partial charge in [-0.3, -0.25) is 4.68 Å². The molecular weight excluding hydrogens is 294 g/mol. The minimum absolute atomic E-state index is 0.119. The lowest BCUT2D eigenvalue weighted by atomic mass is 10.4. The molecule has 9 heteroatoms. The summed E-state index contributed by atoms with van der Waals surface area (Å²) in [4.78, 5) is 4.14. The molecule has 0 aliphatic carbocycles. The summed E-state index contributed by atoms with van der Waals surface area (Å²) < 4.78 is 33.9. The van der Waals surface area contributed by atoms with Crippen LogP contribution in [0.3, 0.4) is 0 Å². The molecule has 0 saturated carbocycles. The Bertz CT molecular complexity index is 691. The Morgan fingerprint density at radius 3 is 2.81 bits per heavy atom. The number of nitrogens with zero attached hydrogens (tertiary/aromatic N) is 3. The van der Waals surface area contributed by atoms with Crippen LogP contribution in [0, 0.1) is 6.92 Å². The van der Waals surface area contributed by atoms with Crippen molar-refractivity contribution < 1.29 is 12.8 Å².